The molecular weight excluding hydrogens is 240 g/mol. The number of rotatable bonds is 3. The standard InChI is InChI=1S/C14H14N4O/c1-19-9-10-5-2-3-6-11(10)12-7-4-8-13-16-14(15)17-18(12)13/h2-8H,9H2,1H3,(H2,15,17). The van der Waals surface area contributed by atoms with E-state index in [0.29, 0.717) is 6.61 Å². The Morgan fingerprint density at radius 1 is 1.16 bits per heavy atom. The van der Waals surface area contributed by atoms with Crippen LogP contribution in [0.2, 0.25) is 0 Å². The third-order valence-electron chi connectivity index (χ3n) is 2.97. The van der Waals surface area contributed by atoms with Gasteiger partial charge >= 0.3 is 0 Å². The fourth-order valence-electron chi connectivity index (χ4n) is 2.18. The molecule has 96 valence electrons. The second kappa shape index (κ2) is 4.70. The van der Waals surface area contributed by atoms with E-state index in [2.05, 4.69) is 10.1 Å². The van der Waals surface area contributed by atoms with Crippen LogP contribution in [0.3, 0.4) is 0 Å². The molecule has 0 aliphatic heterocycles. The topological polar surface area (TPSA) is 65.4 Å². The minimum Gasteiger partial charge on any atom is -0.380 e. The van der Waals surface area contributed by atoms with Gasteiger partial charge in [-0.3, -0.25) is 0 Å². The summed E-state index contributed by atoms with van der Waals surface area (Å²) in [5.41, 5.74) is 9.53. The van der Waals surface area contributed by atoms with Crippen molar-refractivity contribution in [3.8, 4) is 11.3 Å². The number of methoxy groups -OCH3 is 1. The molecule has 0 bridgehead atoms. The monoisotopic (exact) mass is 254 g/mol. The average molecular weight is 254 g/mol. The van der Waals surface area contributed by atoms with Crippen LogP contribution in [0.4, 0.5) is 5.95 Å². The number of nitrogens with two attached hydrogens (primary N) is 1. The minimum atomic E-state index is 0.275. The van der Waals surface area contributed by atoms with Gasteiger partial charge < -0.3 is 10.5 Å². The molecule has 0 unspecified atom stereocenters. The van der Waals surface area contributed by atoms with Crippen LogP contribution in [0.1, 0.15) is 5.56 Å². The average Bonchev–Trinajstić information content (AvgIpc) is 2.80. The van der Waals surface area contributed by atoms with Crippen molar-refractivity contribution in [2.24, 2.45) is 0 Å². The maximum atomic E-state index is 5.67. The second-order valence-corrected chi connectivity index (χ2v) is 4.24. The van der Waals surface area contributed by atoms with Crippen molar-refractivity contribution in [1.82, 2.24) is 14.6 Å². The summed E-state index contributed by atoms with van der Waals surface area (Å²) in [6.45, 7) is 0.552. The molecule has 0 saturated heterocycles. The molecule has 5 nitrogen and oxygen atoms in total. The highest BCUT2D eigenvalue weighted by molar-refractivity contribution is 5.66. The van der Waals surface area contributed by atoms with E-state index in [1.54, 1.807) is 11.6 Å². The van der Waals surface area contributed by atoms with Crippen LogP contribution in [-0.4, -0.2) is 21.7 Å². The van der Waals surface area contributed by atoms with Gasteiger partial charge in [-0.2, -0.15) is 4.98 Å². The molecular formula is C14H14N4O. The fourth-order valence-corrected chi connectivity index (χ4v) is 2.18. The SMILES string of the molecule is COCc1ccccc1-c1cccc2nc(N)nn12. The lowest BCUT2D eigenvalue weighted by atomic mass is 10.0. The Morgan fingerprint density at radius 3 is 2.84 bits per heavy atom. The zero-order valence-electron chi connectivity index (χ0n) is 10.6. The molecule has 2 heterocycles. The Labute approximate surface area is 110 Å². The van der Waals surface area contributed by atoms with E-state index in [4.69, 9.17) is 10.5 Å². The van der Waals surface area contributed by atoms with Gasteiger partial charge in [-0.25, -0.2) is 4.52 Å². The Bertz CT molecular complexity index is 720. The molecule has 0 spiro atoms. The molecule has 3 rings (SSSR count). The molecule has 2 aromatic heterocycles. The van der Waals surface area contributed by atoms with Gasteiger partial charge in [-0.05, 0) is 17.7 Å². The predicted octanol–water partition coefficient (Wildman–Crippen LogP) is 2.12. The molecule has 0 saturated carbocycles. The zero-order chi connectivity index (χ0) is 13.2. The first-order valence-electron chi connectivity index (χ1n) is 5.98. The lowest BCUT2D eigenvalue weighted by Gasteiger charge is -2.09. The number of nitrogen functional groups attached to an aromatic ring is 1. The number of fused-ring (bicyclic) bond motifs is 1. The van der Waals surface area contributed by atoms with Gasteiger partial charge in [0, 0.05) is 12.7 Å². The smallest absolute Gasteiger partial charge is 0.240 e. The minimum absolute atomic E-state index is 0.275. The number of hydrogen-bond donors (Lipinski definition) is 1. The summed E-state index contributed by atoms with van der Waals surface area (Å²) in [5.74, 6) is 0.275. The first-order chi connectivity index (χ1) is 9.29. The first-order valence-corrected chi connectivity index (χ1v) is 5.98. The number of ether oxygens (including phenoxy) is 1. The molecule has 0 fully saturated rings. The van der Waals surface area contributed by atoms with E-state index in [-0.39, 0.29) is 5.95 Å². The van der Waals surface area contributed by atoms with E-state index in [9.17, 15) is 0 Å². The van der Waals surface area contributed by atoms with Crippen LogP contribution in [0.25, 0.3) is 16.9 Å². The van der Waals surface area contributed by atoms with Crippen molar-refractivity contribution >= 4 is 11.6 Å². The lowest BCUT2D eigenvalue weighted by Crippen LogP contribution is -1.98. The maximum Gasteiger partial charge on any atom is 0.240 e. The zero-order valence-corrected chi connectivity index (χ0v) is 10.6. The van der Waals surface area contributed by atoms with Crippen LogP contribution in [-0.2, 0) is 11.3 Å². The summed E-state index contributed by atoms with van der Waals surface area (Å²) in [6, 6.07) is 13.9. The van der Waals surface area contributed by atoms with E-state index in [1.807, 2.05) is 42.5 Å². The van der Waals surface area contributed by atoms with E-state index in [0.717, 1.165) is 22.5 Å². The molecule has 0 aliphatic rings. The van der Waals surface area contributed by atoms with Crippen LogP contribution in [0.15, 0.2) is 42.5 Å². The number of aromatic nitrogens is 3. The summed E-state index contributed by atoms with van der Waals surface area (Å²) in [4.78, 5) is 4.17. The molecule has 19 heavy (non-hydrogen) atoms. The van der Waals surface area contributed by atoms with E-state index in [1.165, 1.54) is 0 Å². The predicted molar refractivity (Wildman–Crippen MR) is 73.5 cm³/mol. The summed E-state index contributed by atoms with van der Waals surface area (Å²) >= 11 is 0. The number of nitrogens with zero attached hydrogens (tertiary/aromatic N) is 3. The van der Waals surface area contributed by atoms with Crippen LogP contribution in [0, 0.1) is 0 Å². The van der Waals surface area contributed by atoms with E-state index >= 15 is 0 Å². The first kappa shape index (κ1) is 11.7. The third-order valence-corrected chi connectivity index (χ3v) is 2.97. The molecule has 2 N–H and O–H groups in total. The molecule has 0 aliphatic carbocycles. The van der Waals surface area contributed by atoms with Gasteiger partial charge in [-0.15, -0.1) is 5.10 Å². The Balaban J connectivity index is 2.24. The molecule has 0 atom stereocenters. The van der Waals surface area contributed by atoms with Crippen LogP contribution >= 0.6 is 0 Å². The highest BCUT2D eigenvalue weighted by atomic mass is 16.5. The van der Waals surface area contributed by atoms with Crippen molar-refractivity contribution in [1.29, 1.82) is 0 Å². The van der Waals surface area contributed by atoms with Crippen molar-refractivity contribution in [2.45, 2.75) is 6.61 Å². The number of pyridine rings is 1. The van der Waals surface area contributed by atoms with Gasteiger partial charge in [0.25, 0.3) is 0 Å². The number of benzene rings is 1. The second-order valence-electron chi connectivity index (χ2n) is 4.24. The van der Waals surface area contributed by atoms with Gasteiger partial charge in [0.15, 0.2) is 5.65 Å². The molecule has 0 amide bonds. The Kier molecular flexibility index (Phi) is 2.89. The van der Waals surface area contributed by atoms with Crippen LogP contribution in [0.5, 0.6) is 0 Å². The largest absolute Gasteiger partial charge is 0.380 e. The summed E-state index contributed by atoms with van der Waals surface area (Å²) in [6.07, 6.45) is 0. The highest BCUT2D eigenvalue weighted by Gasteiger charge is 2.10. The molecule has 1 aromatic carbocycles. The van der Waals surface area contributed by atoms with Crippen molar-refractivity contribution < 1.29 is 4.74 Å². The summed E-state index contributed by atoms with van der Waals surface area (Å²) < 4.78 is 6.99. The van der Waals surface area contributed by atoms with Gasteiger partial charge in [-0.1, -0.05) is 30.3 Å². The molecule has 5 heteroatoms. The Morgan fingerprint density at radius 2 is 2.00 bits per heavy atom. The van der Waals surface area contributed by atoms with Gasteiger partial charge in [0.05, 0.1) is 12.3 Å². The quantitative estimate of drug-likeness (QED) is 0.777. The summed E-state index contributed by atoms with van der Waals surface area (Å²) in [7, 11) is 1.69. The van der Waals surface area contributed by atoms with Crippen LogP contribution < -0.4 is 5.73 Å². The molecule has 0 radical (unpaired) electrons. The fraction of sp³-hybridized carbons (Fsp3) is 0.143. The highest BCUT2D eigenvalue weighted by Crippen LogP contribution is 2.24. The third kappa shape index (κ3) is 2.04. The summed E-state index contributed by atoms with van der Waals surface area (Å²) in [5, 5.41) is 4.23. The van der Waals surface area contributed by atoms with Crippen molar-refractivity contribution in [3.63, 3.8) is 0 Å². The lowest BCUT2D eigenvalue weighted by molar-refractivity contribution is 0.185. The number of hydrogen-bond acceptors (Lipinski definition) is 4. The number of anilines is 1. The van der Waals surface area contributed by atoms with Crippen molar-refractivity contribution in [2.75, 3.05) is 12.8 Å². The van der Waals surface area contributed by atoms with Gasteiger partial charge in [0.2, 0.25) is 5.95 Å². The van der Waals surface area contributed by atoms with E-state index < -0.39 is 0 Å². The van der Waals surface area contributed by atoms with Gasteiger partial charge in [0.1, 0.15) is 0 Å². The normalized spacial score (nSPS) is 11.0. The van der Waals surface area contributed by atoms with Crippen molar-refractivity contribution in [3.05, 3.63) is 48.0 Å². The maximum absolute atomic E-state index is 5.67. The molecule has 3 aromatic rings. The Hall–Kier alpha value is -2.40.